The lowest BCUT2D eigenvalue weighted by atomic mass is 9.98. The third kappa shape index (κ3) is 4.95. The SMILES string of the molecule is CCOC(=O)c1ccc(CC(NC(C)=O)c2ccccc2)cc1. The maximum absolute atomic E-state index is 11.7. The van der Waals surface area contributed by atoms with Gasteiger partial charge in [-0.3, -0.25) is 4.79 Å². The Morgan fingerprint density at radius 3 is 2.26 bits per heavy atom. The number of nitrogens with one attached hydrogen (secondary N) is 1. The molecule has 1 amide bonds. The third-order valence-corrected chi connectivity index (χ3v) is 3.48. The van der Waals surface area contributed by atoms with Crippen molar-refractivity contribution in [2.45, 2.75) is 26.3 Å². The summed E-state index contributed by atoms with van der Waals surface area (Å²) in [6.07, 6.45) is 0.659. The average molecular weight is 311 g/mol. The maximum atomic E-state index is 11.7. The molecule has 4 nitrogen and oxygen atoms in total. The van der Waals surface area contributed by atoms with E-state index in [1.165, 1.54) is 6.92 Å². The molecule has 0 aromatic heterocycles. The molecular weight excluding hydrogens is 290 g/mol. The van der Waals surface area contributed by atoms with E-state index in [0.29, 0.717) is 18.6 Å². The summed E-state index contributed by atoms with van der Waals surface area (Å²) in [5.74, 6) is -0.387. The second kappa shape index (κ2) is 8.13. The number of hydrogen-bond donors (Lipinski definition) is 1. The summed E-state index contributed by atoms with van der Waals surface area (Å²) < 4.78 is 4.97. The summed E-state index contributed by atoms with van der Waals surface area (Å²) in [4.78, 5) is 23.1. The molecule has 2 rings (SSSR count). The Balaban J connectivity index is 2.13. The van der Waals surface area contributed by atoms with Crippen molar-refractivity contribution in [1.82, 2.24) is 5.32 Å². The van der Waals surface area contributed by atoms with Gasteiger partial charge in [0.2, 0.25) is 5.91 Å². The van der Waals surface area contributed by atoms with Crippen LogP contribution in [-0.2, 0) is 16.0 Å². The van der Waals surface area contributed by atoms with Gasteiger partial charge in [-0.15, -0.1) is 0 Å². The van der Waals surface area contributed by atoms with E-state index in [1.54, 1.807) is 19.1 Å². The molecule has 1 unspecified atom stereocenters. The minimum Gasteiger partial charge on any atom is -0.462 e. The van der Waals surface area contributed by atoms with Gasteiger partial charge in [-0.1, -0.05) is 42.5 Å². The average Bonchev–Trinajstić information content (AvgIpc) is 2.55. The van der Waals surface area contributed by atoms with E-state index in [1.807, 2.05) is 42.5 Å². The maximum Gasteiger partial charge on any atom is 0.338 e. The Hall–Kier alpha value is -2.62. The number of rotatable bonds is 6. The number of amides is 1. The van der Waals surface area contributed by atoms with Gasteiger partial charge in [0.1, 0.15) is 0 Å². The van der Waals surface area contributed by atoms with Crippen molar-refractivity contribution in [1.29, 1.82) is 0 Å². The van der Waals surface area contributed by atoms with Crippen molar-refractivity contribution in [3.63, 3.8) is 0 Å². The molecule has 0 saturated heterocycles. The van der Waals surface area contributed by atoms with E-state index in [9.17, 15) is 9.59 Å². The van der Waals surface area contributed by atoms with E-state index in [0.717, 1.165) is 11.1 Å². The lowest BCUT2D eigenvalue weighted by Gasteiger charge is -2.18. The summed E-state index contributed by atoms with van der Waals surface area (Å²) in [6.45, 7) is 3.66. The Morgan fingerprint density at radius 2 is 1.70 bits per heavy atom. The first-order valence-corrected chi connectivity index (χ1v) is 7.68. The fourth-order valence-corrected chi connectivity index (χ4v) is 2.41. The molecule has 0 heterocycles. The largest absolute Gasteiger partial charge is 0.462 e. The molecule has 0 radical (unpaired) electrons. The number of carbonyl (C=O) groups is 2. The second-order valence-electron chi connectivity index (χ2n) is 5.29. The molecule has 1 atom stereocenters. The van der Waals surface area contributed by atoms with Crippen molar-refractivity contribution >= 4 is 11.9 Å². The molecule has 0 aliphatic heterocycles. The predicted octanol–water partition coefficient (Wildman–Crippen LogP) is 3.28. The van der Waals surface area contributed by atoms with E-state index in [2.05, 4.69) is 5.32 Å². The van der Waals surface area contributed by atoms with Crippen LogP contribution in [0.2, 0.25) is 0 Å². The van der Waals surface area contributed by atoms with Crippen LogP contribution in [0.25, 0.3) is 0 Å². The standard InChI is InChI=1S/C19H21NO3/c1-3-23-19(22)17-11-9-15(10-12-17)13-18(20-14(2)21)16-7-5-4-6-8-16/h4-12,18H,3,13H2,1-2H3,(H,20,21). The third-order valence-electron chi connectivity index (χ3n) is 3.48. The van der Waals surface area contributed by atoms with E-state index >= 15 is 0 Å². The van der Waals surface area contributed by atoms with Crippen LogP contribution in [0.3, 0.4) is 0 Å². The number of benzene rings is 2. The molecule has 0 bridgehead atoms. The van der Waals surface area contributed by atoms with Gasteiger partial charge in [-0.05, 0) is 36.6 Å². The van der Waals surface area contributed by atoms with Crippen LogP contribution in [0, 0.1) is 0 Å². The molecule has 23 heavy (non-hydrogen) atoms. The Labute approximate surface area is 136 Å². The molecule has 1 N–H and O–H groups in total. The summed E-state index contributed by atoms with van der Waals surface area (Å²) in [7, 11) is 0. The molecule has 2 aromatic carbocycles. The molecule has 0 saturated carbocycles. The molecule has 0 spiro atoms. The molecule has 2 aromatic rings. The topological polar surface area (TPSA) is 55.4 Å². The van der Waals surface area contributed by atoms with E-state index < -0.39 is 0 Å². The zero-order valence-electron chi connectivity index (χ0n) is 13.4. The van der Waals surface area contributed by atoms with Gasteiger partial charge in [0.05, 0.1) is 18.2 Å². The van der Waals surface area contributed by atoms with Crippen LogP contribution in [0.5, 0.6) is 0 Å². The van der Waals surface area contributed by atoms with Crippen molar-refractivity contribution in [3.05, 3.63) is 71.3 Å². The zero-order valence-corrected chi connectivity index (χ0v) is 13.4. The first-order chi connectivity index (χ1) is 11.1. The molecule has 0 aliphatic carbocycles. The summed E-state index contributed by atoms with van der Waals surface area (Å²) in [5.41, 5.74) is 2.63. The summed E-state index contributed by atoms with van der Waals surface area (Å²) in [5, 5.41) is 2.97. The van der Waals surface area contributed by atoms with Crippen LogP contribution in [0.15, 0.2) is 54.6 Å². The van der Waals surface area contributed by atoms with E-state index in [4.69, 9.17) is 4.74 Å². The van der Waals surface area contributed by atoms with Gasteiger partial charge < -0.3 is 10.1 Å². The highest BCUT2D eigenvalue weighted by atomic mass is 16.5. The highest BCUT2D eigenvalue weighted by Crippen LogP contribution is 2.19. The lowest BCUT2D eigenvalue weighted by Crippen LogP contribution is -2.27. The normalized spacial score (nSPS) is 11.6. The molecule has 0 fully saturated rings. The highest BCUT2D eigenvalue weighted by Gasteiger charge is 2.14. The van der Waals surface area contributed by atoms with Crippen molar-refractivity contribution in [2.24, 2.45) is 0 Å². The van der Waals surface area contributed by atoms with Crippen molar-refractivity contribution < 1.29 is 14.3 Å². The van der Waals surface area contributed by atoms with Crippen LogP contribution in [0.4, 0.5) is 0 Å². The fraction of sp³-hybridized carbons (Fsp3) is 0.263. The highest BCUT2D eigenvalue weighted by molar-refractivity contribution is 5.89. The Morgan fingerprint density at radius 1 is 1.04 bits per heavy atom. The van der Waals surface area contributed by atoms with Gasteiger partial charge in [0.25, 0.3) is 0 Å². The minimum atomic E-state index is -0.319. The monoisotopic (exact) mass is 311 g/mol. The molecule has 0 aliphatic rings. The number of carbonyl (C=O) groups excluding carboxylic acids is 2. The first kappa shape index (κ1) is 16.7. The molecule has 4 heteroatoms. The van der Waals surface area contributed by atoms with E-state index in [-0.39, 0.29) is 17.9 Å². The second-order valence-corrected chi connectivity index (χ2v) is 5.29. The van der Waals surface area contributed by atoms with Crippen LogP contribution in [-0.4, -0.2) is 18.5 Å². The lowest BCUT2D eigenvalue weighted by molar-refractivity contribution is -0.119. The Kier molecular flexibility index (Phi) is 5.92. The van der Waals surface area contributed by atoms with Crippen LogP contribution < -0.4 is 5.32 Å². The van der Waals surface area contributed by atoms with Crippen molar-refractivity contribution in [3.8, 4) is 0 Å². The first-order valence-electron chi connectivity index (χ1n) is 7.68. The smallest absolute Gasteiger partial charge is 0.338 e. The van der Waals surface area contributed by atoms with Crippen LogP contribution >= 0.6 is 0 Å². The summed E-state index contributed by atoms with van der Waals surface area (Å²) >= 11 is 0. The fourth-order valence-electron chi connectivity index (χ4n) is 2.41. The Bertz CT molecular complexity index is 650. The minimum absolute atomic E-state index is 0.0676. The number of hydrogen-bond acceptors (Lipinski definition) is 3. The molecular formula is C19H21NO3. The van der Waals surface area contributed by atoms with Gasteiger partial charge in [0, 0.05) is 6.92 Å². The van der Waals surface area contributed by atoms with Crippen LogP contribution in [0.1, 0.15) is 41.4 Å². The quantitative estimate of drug-likeness (QED) is 0.833. The van der Waals surface area contributed by atoms with Gasteiger partial charge in [-0.25, -0.2) is 4.79 Å². The summed E-state index contributed by atoms with van der Waals surface area (Å²) in [6, 6.07) is 17.0. The number of esters is 1. The number of ether oxygens (including phenoxy) is 1. The van der Waals surface area contributed by atoms with Gasteiger partial charge in [0.15, 0.2) is 0 Å². The zero-order chi connectivity index (χ0) is 16.7. The van der Waals surface area contributed by atoms with Gasteiger partial charge in [-0.2, -0.15) is 0 Å². The van der Waals surface area contributed by atoms with Crippen molar-refractivity contribution in [2.75, 3.05) is 6.61 Å². The predicted molar refractivity (Wildman–Crippen MR) is 89.1 cm³/mol. The van der Waals surface area contributed by atoms with Gasteiger partial charge >= 0.3 is 5.97 Å². The molecule has 120 valence electrons.